The highest BCUT2D eigenvalue weighted by atomic mass is 16.3. The summed E-state index contributed by atoms with van der Waals surface area (Å²) in [4.78, 5) is 14.0. The van der Waals surface area contributed by atoms with Crippen molar-refractivity contribution in [3.63, 3.8) is 0 Å². The first-order valence-electron chi connectivity index (χ1n) is 8.16. The monoisotopic (exact) mass is 269 g/mol. The number of rotatable bonds is 9. The maximum Gasteiger partial charge on any atom is 0.222 e. The number of carbonyl (C=O) groups excluding carboxylic acids is 1. The van der Waals surface area contributed by atoms with Crippen molar-refractivity contribution in [2.75, 3.05) is 19.7 Å². The quantitative estimate of drug-likeness (QED) is 0.652. The average Bonchev–Trinajstić information content (AvgIpc) is 2.46. The second-order valence-corrected chi connectivity index (χ2v) is 5.88. The number of carbonyl (C=O) groups is 1. The number of hydrogen-bond donors (Lipinski definition) is 1. The fourth-order valence-corrected chi connectivity index (χ4v) is 2.76. The third-order valence-electron chi connectivity index (χ3n) is 4.22. The van der Waals surface area contributed by atoms with Gasteiger partial charge in [0.2, 0.25) is 5.91 Å². The third kappa shape index (κ3) is 6.95. The highest BCUT2D eigenvalue weighted by Gasteiger charge is 2.21. The first kappa shape index (κ1) is 16.5. The molecule has 112 valence electrons. The molecule has 0 aromatic rings. The molecular weight excluding hydrogens is 238 g/mol. The Kier molecular flexibility index (Phi) is 8.89. The summed E-state index contributed by atoms with van der Waals surface area (Å²) in [6.07, 6.45) is 11.5. The van der Waals surface area contributed by atoms with E-state index in [4.69, 9.17) is 5.11 Å². The van der Waals surface area contributed by atoms with E-state index >= 15 is 0 Å². The van der Waals surface area contributed by atoms with E-state index < -0.39 is 0 Å². The molecular formula is C16H31NO2. The number of piperidine rings is 1. The zero-order valence-electron chi connectivity index (χ0n) is 12.6. The van der Waals surface area contributed by atoms with Crippen molar-refractivity contribution in [2.24, 2.45) is 5.92 Å². The van der Waals surface area contributed by atoms with E-state index in [2.05, 4.69) is 6.92 Å². The molecule has 1 rings (SSSR count). The van der Waals surface area contributed by atoms with E-state index in [9.17, 15) is 4.79 Å². The van der Waals surface area contributed by atoms with Crippen molar-refractivity contribution < 1.29 is 9.90 Å². The van der Waals surface area contributed by atoms with Crippen molar-refractivity contribution in [1.29, 1.82) is 0 Å². The molecule has 1 fully saturated rings. The SMILES string of the molecule is CCCCCCCCCC(=O)N1CCC(CO)CC1. The number of aliphatic hydroxyl groups excluding tert-OH is 1. The number of likely N-dealkylation sites (tertiary alicyclic amines) is 1. The fraction of sp³-hybridized carbons (Fsp3) is 0.938. The lowest BCUT2D eigenvalue weighted by atomic mass is 9.97. The molecule has 0 aromatic carbocycles. The van der Waals surface area contributed by atoms with Crippen LogP contribution < -0.4 is 0 Å². The van der Waals surface area contributed by atoms with Gasteiger partial charge in [-0.1, -0.05) is 45.4 Å². The lowest BCUT2D eigenvalue weighted by Gasteiger charge is -2.31. The van der Waals surface area contributed by atoms with Crippen molar-refractivity contribution in [1.82, 2.24) is 4.90 Å². The molecule has 0 aromatic heterocycles. The molecule has 1 amide bonds. The van der Waals surface area contributed by atoms with Gasteiger partial charge in [-0.15, -0.1) is 0 Å². The van der Waals surface area contributed by atoms with Crippen molar-refractivity contribution in [3.8, 4) is 0 Å². The molecule has 0 saturated carbocycles. The van der Waals surface area contributed by atoms with Crippen molar-refractivity contribution in [2.45, 2.75) is 71.1 Å². The van der Waals surface area contributed by atoms with Gasteiger partial charge in [-0.2, -0.15) is 0 Å². The van der Waals surface area contributed by atoms with Crippen LogP contribution in [0.15, 0.2) is 0 Å². The van der Waals surface area contributed by atoms with E-state index in [0.29, 0.717) is 11.8 Å². The summed E-state index contributed by atoms with van der Waals surface area (Å²) in [5.74, 6) is 0.743. The van der Waals surface area contributed by atoms with Gasteiger partial charge in [-0.3, -0.25) is 4.79 Å². The van der Waals surface area contributed by atoms with Gasteiger partial charge in [-0.05, 0) is 25.2 Å². The Balaban J connectivity index is 1.99. The number of aliphatic hydroxyl groups is 1. The molecule has 1 saturated heterocycles. The van der Waals surface area contributed by atoms with Crippen LogP contribution in [0, 0.1) is 5.92 Å². The minimum Gasteiger partial charge on any atom is -0.396 e. The largest absolute Gasteiger partial charge is 0.396 e. The third-order valence-corrected chi connectivity index (χ3v) is 4.22. The highest BCUT2D eigenvalue weighted by Crippen LogP contribution is 2.18. The first-order chi connectivity index (χ1) is 9.27. The van der Waals surface area contributed by atoms with E-state index in [0.717, 1.165) is 38.8 Å². The van der Waals surface area contributed by atoms with Gasteiger partial charge in [-0.25, -0.2) is 0 Å². The Labute approximate surface area is 118 Å². The van der Waals surface area contributed by atoms with Crippen LogP contribution >= 0.6 is 0 Å². The van der Waals surface area contributed by atoms with E-state index in [1.54, 1.807) is 0 Å². The lowest BCUT2D eigenvalue weighted by molar-refractivity contribution is -0.132. The van der Waals surface area contributed by atoms with Gasteiger partial charge in [0.1, 0.15) is 0 Å². The topological polar surface area (TPSA) is 40.5 Å². The normalized spacial score (nSPS) is 16.8. The predicted octanol–water partition coefficient (Wildman–Crippen LogP) is 3.36. The smallest absolute Gasteiger partial charge is 0.222 e. The summed E-state index contributed by atoms with van der Waals surface area (Å²) in [6, 6.07) is 0. The standard InChI is InChI=1S/C16H31NO2/c1-2-3-4-5-6-7-8-9-16(19)17-12-10-15(14-18)11-13-17/h15,18H,2-14H2,1H3. The van der Waals surface area contributed by atoms with E-state index in [-0.39, 0.29) is 6.61 Å². The molecule has 0 radical (unpaired) electrons. The molecule has 0 spiro atoms. The van der Waals surface area contributed by atoms with Crippen molar-refractivity contribution in [3.05, 3.63) is 0 Å². The van der Waals surface area contributed by atoms with Crippen LogP contribution in [0.2, 0.25) is 0 Å². The molecule has 0 aliphatic carbocycles. The number of amides is 1. The highest BCUT2D eigenvalue weighted by molar-refractivity contribution is 5.76. The molecule has 1 N–H and O–H groups in total. The van der Waals surface area contributed by atoms with Crippen LogP contribution in [-0.2, 0) is 4.79 Å². The van der Waals surface area contributed by atoms with Crippen LogP contribution in [0.25, 0.3) is 0 Å². The minimum atomic E-state index is 0.278. The molecule has 19 heavy (non-hydrogen) atoms. The van der Waals surface area contributed by atoms with Crippen LogP contribution in [-0.4, -0.2) is 35.6 Å². The summed E-state index contributed by atoms with van der Waals surface area (Å²) >= 11 is 0. The number of nitrogens with zero attached hydrogens (tertiary/aromatic N) is 1. The Morgan fingerprint density at radius 1 is 1.05 bits per heavy atom. The van der Waals surface area contributed by atoms with Gasteiger partial charge in [0.25, 0.3) is 0 Å². The second kappa shape index (κ2) is 10.2. The summed E-state index contributed by atoms with van der Waals surface area (Å²) in [5, 5.41) is 9.07. The summed E-state index contributed by atoms with van der Waals surface area (Å²) in [7, 11) is 0. The Bertz CT molecular complexity index is 235. The lowest BCUT2D eigenvalue weighted by Crippen LogP contribution is -2.39. The molecule has 1 aliphatic rings. The average molecular weight is 269 g/mol. The van der Waals surface area contributed by atoms with Crippen LogP contribution in [0.5, 0.6) is 0 Å². The molecule has 0 unspecified atom stereocenters. The molecule has 0 atom stereocenters. The van der Waals surface area contributed by atoms with Gasteiger partial charge in [0.15, 0.2) is 0 Å². The summed E-state index contributed by atoms with van der Waals surface area (Å²) < 4.78 is 0. The maximum atomic E-state index is 12.0. The Hall–Kier alpha value is -0.570. The van der Waals surface area contributed by atoms with Crippen LogP contribution in [0.4, 0.5) is 0 Å². The van der Waals surface area contributed by atoms with Gasteiger partial charge in [0, 0.05) is 26.1 Å². The zero-order valence-corrected chi connectivity index (χ0v) is 12.6. The van der Waals surface area contributed by atoms with Crippen molar-refractivity contribution >= 4 is 5.91 Å². The van der Waals surface area contributed by atoms with E-state index in [1.807, 2.05) is 4.90 Å². The minimum absolute atomic E-state index is 0.278. The predicted molar refractivity (Wildman–Crippen MR) is 79.0 cm³/mol. The molecule has 1 heterocycles. The van der Waals surface area contributed by atoms with Crippen LogP contribution in [0.1, 0.15) is 71.1 Å². The van der Waals surface area contributed by atoms with Gasteiger partial charge < -0.3 is 10.0 Å². The number of unbranched alkanes of at least 4 members (excludes halogenated alkanes) is 6. The van der Waals surface area contributed by atoms with Crippen LogP contribution in [0.3, 0.4) is 0 Å². The fourth-order valence-electron chi connectivity index (χ4n) is 2.76. The van der Waals surface area contributed by atoms with E-state index in [1.165, 1.54) is 38.5 Å². The maximum absolute atomic E-state index is 12.0. The molecule has 1 aliphatic heterocycles. The zero-order chi connectivity index (χ0) is 13.9. The Morgan fingerprint density at radius 3 is 2.21 bits per heavy atom. The number of hydrogen-bond acceptors (Lipinski definition) is 2. The second-order valence-electron chi connectivity index (χ2n) is 5.88. The molecule has 3 nitrogen and oxygen atoms in total. The van der Waals surface area contributed by atoms with Gasteiger partial charge >= 0.3 is 0 Å². The molecule has 3 heteroatoms. The summed E-state index contributed by atoms with van der Waals surface area (Å²) in [6.45, 7) is 4.21. The first-order valence-corrected chi connectivity index (χ1v) is 8.16. The molecule has 0 bridgehead atoms. The van der Waals surface area contributed by atoms with Gasteiger partial charge in [0.05, 0.1) is 0 Å². The Morgan fingerprint density at radius 2 is 1.63 bits per heavy atom. The summed E-state index contributed by atoms with van der Waals surface area (Å²) in [5.41, 5.74) is 0.